The van der Waals surface area contributed by atoms with Gasteiger partial charge in [0.05, 0.1) is 5.69 Å². The van der Waals surface area contributed by atoms with Crippen molar-refractivity contribution in [1.82, 2.24) is 16.0 Å². The van der Waals surface area contributed by atoms with Gasteiger partial charge >= 0.3 is 0 Å². The second-order valence-corrected chi connectivity index (χ2v) is 4.83. The van der Waals surface area contributed by atoms with Crippen molar-refractivity contribution in [2.24, 2.45) is 0 Å². The zero-order valence-electron chi connectivity index (χ0n) is 12.8. The largest absolute Gasteiger partial charge is 0.478 e. The van der Waals surface area contributed by atoms with E-state index in [1.54, 1.807) is 19.9 Å². The van der Waals surface area contributed by atoms with Crippen LogP contribution in [0.15, 0.2) is 28.8 Å². The first-order valence-corrected chi connectivity index (χ1v) is 6.84. The summed E-state index contributed by atoms with van der Waals surface area (Å²) in [4.78, 5) is 23.9. The van der Waals surface area contributed by atoms with Gasteiger partial charge in [0.15, 0.2) is 17.7 Å². The zero-order chi connectivity index (χ0) is 17.0. The Hall–Kier alpha value is -2.90. The molecule has 0 aliphatic carbocycles. The minimum atomic E-state index is -1.00. The van der Waals surface area contributed by atoms with E-state index in [1.165, 1.54) is 25.1 Å². The molecule has 0 saturated heterocycles. The van der Waals surface area contributed by atoms with E-state index in [2.05, 4.69) is 16.0 Å². The number of nitrogens with zero attached hydrogens (tertiary/aromatic N) is 1. The lowest BCUT2D eigenvalue weighted by atomic mass is 10.2. The highest BCUT2D eigenvalue weighted by atomic mass is 19.1. The van der Waals surface area contributed by atoms with Crippen LogP contribution in [0, 0.1) is 19.7 Å². The van der Waals surface area contributed by atoms with E-state index >= 15 is 0 Å². The Balaban J connectivity index is 1.92. The molecule has 0 aliphatic rings. The molecule has 2 amide bonds. The monoisotopic (exact) mass is 321 g/mol. The van der Waals surface area contributed by atoms with Crippen LogP contribution >= 0.6 is 0 Å². The molecule has 2 rings (SSSR count). The number of hydrogen-bond acceptors (Lipinski definition) is 5. The van der Waals surface area contributed by atoms with Gasteiger partial charge in [-0.05, 0) is 32.9 Å². The summed E-state index contributed by atoms with van der Waals surface area (Å²) in [5.41, 5.74) is 5.10. The maximum Gasteiger partial charge on any atom is 0.279 e. The molecule has 0 aliphatic heterocycles. The van der Waals surface area contributed by atoms with Crippen molar-refractivity contribution in [3.05, 3.63) is 47.1 Å². The van der Waals surface area contributed by atoms with Crippen molar-refractivity contribution < 1.29 is 23.2 Å². The number of hydrogen-bond donors (Lipinski definition) is 2. The van der Waals surface area contributed by atoms with E-state index in [1.807, 2.05) is 0 Å². The number of aromatic nitrogens is 1. The predicted molar refractivity (Wildman–Crippen MR) is 78.1 cm³/mol. The molecule has 7 nitrogen and oxygen atoms in total. The first kappa shape index (κ1) is 16.5. The number of para-hydroxylation sites is 1. The summed E-state index contributed by atoms with van der Waals surface area (Å²) in [5.74, 6) is -1.48. The Kier molecular flexibility index (Phi) is 4.95. The fourth-order valence-electron chi connectivity index (χ4n) is 1.87. The van der Waals surface area contributed by atoms with Gasteiger partial charge in [0.25, 0.3) is 11.8 Å². The number of amides is 2. The molecule has 23 heavy (non-hydrogen) atoms. The van der Waals surface area contributed by atoms with Gasteiger partial charge in [0.1, 0.15) is 11.3 Å². The highest BCUT2D eigenvalue weighted by Crippen LogP contribution is 2.17. The van der Waals surface area contributed by atoms with Crippen molar-refractivity contribution in [2.75, 3.05) is 0 Å². The Morgan fingerprint density at radius 3 is 2.57 bits per heavy atom. The topological polar surface area (TPSA) is 93.5 Å². The van der Waals surface area contributed by atoms with Gasteiger partial charge < -0.3 is 9.26 Å². The van der Waals surface area contributed by atoms with Crippen LogP contribution in [0.1, 0.15) is 28.7 Å². The van der Waals surface area contributed by atoms with E-state index in [9.17, 15) is 14.0 Å². The number of carbonyl (C=O) groups is 2. The summed E-state index contributed by atoms with van der Waals surface area (Å²) >= 11 is 0. The van der Waals surface area contributed by atoms with Gasteiger partial charge in [0.2, 0.25) is 0 Å². The summed E-state index contributed by atoms with van der Waals surface area (Å²) in [7, 11) is 0. The third-order valence-electron chi connectivity index (χ3n) is 3.07. The average molecular weight is 321 g/mol. The van der Waals surface area contributed by atoms with Crippen LogP contribution in [0.3, 0.4) is 0 Å². The van der Waals surface area contributed by atoms with Gasteiger partial charge in [-0.2, -0.15) is 0 Å². The zero-order valence-corrected chi connectivity index (χ0v) is 12.8. The lowest BCUT2D eigenvalue weighted by molar-refractivity contribution is -0.128. The van der Waals surface area contributed by atoms with Crippen LogP contribution in [0.4, 0.5) is 4.39 Å². The molecule has 1 atom stereocenters. The number of aryl methyl sites for hydroxylation is 2. The van der Waals surface area contributed by atoms with E-state index < -0.39 is 23.7 Å². The molecule has 122 valence electrons. The Morgan fingerprint density at radius 2 is 1.96 bits per heavy atom. The van der Waals surface area contributed by atoms with Crippen molar-refractivity contribution in [3.8, 4) is 5.75 Å². The quantitative estimate of drug-likeness (QED) is 0.835. The van der Waals surface area contributed by atoms with Gasteiger partial charge in [-0.15, -0.1) is 0 Å². The maximum atomic E-state index is 13.5. The fourth-order valence-corrected chi connectivity index (χ4v) is 1.87. The summed E-state index contributed by atoms with van der Waals surface area (Å²) in [5, 5.41) is 3.65. The Morgan fingerprint density at radius 1 is 1.26 bits per heavy atom. The Labute approximate surface area is 131 Å². The minimum Gasteiger partial charge on any atom is -0.478 e. The molecule has 1 aromatic heterocycles. The second-order valence-electron chi connectivity index (χ2n) is 4.83. The normalized spacial score (nSPS) is 11.7. The van der Waals surface area contributed by atoms with Crippen LogP contribution in [0.2, 0.25) is 0 Å². The number of halogens is 1. The SMILES string of the molecule is Cc1noc(C)c1C(=O)NNC(=O)C(C)Oc1ccccc1F. The van der Waals surface area contributed by atoms with Gasteiger partial charge in [0, 0.05) is 0 Å². The Bertz CT molecular complexity index is 710. The summed E-state index contributed by atoms with van der Waals surface area (Å²) in [6.07, 6.45) is -1.00. The van der Waals surface area contributed by atoms with Crippen molar-refractivity contribution in [1.29, 1.82) is 0 Å². The first-order valence-electron chi connectivity index (χ1n) is 6.84. The third kappa shape index (κ3) is 3.85. The van der Waals surface area contributed by atoms with Gasteiger partial charge in [-0.25, -0.2) is 4.39 Å². The van der Waals surface area contributed by atoms with E-state index in [-0.39, 0.29) is 11.3 Å². The molecule has 2 aromatic rings. The number of carbonyl (C=O) groups excluding carboxylic acids is 2. The summed E-state index contributed by atoms with van der Waals surface area (Å²) in [6, 6.07) is 5.72. The van der Waals surface area contributed by atoms with Crippen LogP contribution in [0.5, 0.6) is 5.75 Å². The van der Waals surface area contributed by atoms with Crippen LogP contribution in [-0.2, 0) is 4.79 Å². The molecule has 0 radical (unpaired) electrons. The van der Waals surface area contributed by atoms with Gasteiger partial charge in [-0.3, -0.25) is 20.4 Å². The van der Waals surface area contributed by atoms with Gasteiger partial charge in [-0.1, -0.05) is 17.3 Å². The molecule has 8 heteroatoms. The van der Waals surface area contributed by atoms with E-state index in [0.29, 0.717) is 11.5 Å². The molecule has 2 N–H and O–H groups in total. The molecular weight excluding hydrogens is 305 g/mol. The number of benzene rings is 1. The van der Waals surface area contributed by atoms with Crippen molar-refractivity contribution in [3.63, 3.8) is 0 Å². The molecule has 1 unspecified atom stereocenters. The second kappa shape index (κ2) is 6.91. The minimum absolute atomic E-state index is 0.0489. The molecule has 1 aromatic carbocycles. The number of nitrogens with one attached hydrogen (secondary N) is 2. The lowest BCUT2D eigenvalue weighted by Crippen LogP contribution is -2.47. The van der Waals surface area contributed by atoms with Crippen LogP contribution < -0.4 is 15.6 Å². The van der Waals surface area contributed by atoms with E-state index in [4.69, 9.17) is 9.26 Å². The number of rotatable bonds is 4. The highest BCUT2D eigenvalue weighted by Gasteiger charge is 2.20. The van der Waals surface area contributed by atoms with Crippen molar-refractivity contribution in [2.45, 2.75) is 26.9 Å². The molecule has 0 spiro atoms. The molecule has 0 saturated carbocycles. The number of hydrazine groups is 1. The standard InChI is InChI=1S/C15H16FN3O4/c1-8-13(9(2)23-19-8)15(21)18-17-14(20)10(3)22-12-7-5-4-6-11(12)16/h4-7,10H,1-3H3,(H,17,20)(H,18,21). The molecular formula is C15H16FN3O4. The maximum absolute atomic E-state index is 13.5. The molecule has 1 heterocycles. The van der Waals surface area contributed by atoms with Crippen LogP contribution in [-0.4, -0.2) is 23.1 Å². The smallest absolute Gasteiger partial charge is 0.279 e. The highest BCUT2D eigenvalue weighted by molar-refractivity contribution is 5.97. The lowest BCUT2D eigenvalue weighted by Gasteiger charge is -2.15. The summed E-state index contributed by atoms with van der Waals surface area (Å²) in [6.45, 7) is 4.63. The van der Waals surface area contributed by atoms with E-state index in [0.717, 1.165) is 0 Å². The first-order chi connectivity index (χ1) is 10.9. The van der Waals surface area contributed by atoms with Crippen molar-refractivity contribution >= 4 is 11.8 Å². The molecule has 0 bridgehead atoms. The predicted octanol–water partition coefficient (Wildman–Crippen LogP) is 1.66. The van der Waals surface area contributed by atoms with Crippen LogP contribution in [0.25, 0.3) is 0 Å². The third-order valence-corrected chi connectivity index (χ3v) is 3.07. The molecule has 0 fully saturated rings. The number of ether oxygens (including phenoxy) is 1. The average Bonchev–Trinajstić information content (AvgIpc) is 2.85. The fraction of sp³-hybridized carbons (Fsp3) is 0.267. The summed E-state index contributed by atoms with van der Waals surface area (Å²) < 4.78 is 23.5.